The second-order valence-electron chi connectivity index (χ2n) is 7.77. The molecule has 2 aliphatic rings. The molecule has 2 fully saturated rings. The number of carbonyl (C=O) groups excluding carboxylic acids is 1. The molecule has 2 aliphatic heterocycles. The first-order valence-corrected chi connectivity index (χ1v) is 11.3. The molecule has 0 unspecified atom stereocenters. The summed E-state index contributed by atoms with van der Waals surface area (Å²) in [6.07, 6.45) is -0.165. The van der Waals surface area contributed by atoms with Crippen molar-refractivity contribution in [2.45, 2.75) is 26.2 Å². The maximum atomic E-state index is 12.8. The van der Waals surface area contributed by atoms with Crippen molar-refractivity contribution in [1.82, 2.24) is 0 Å². The van der Waals surface area contributed by atoms with Gasteiger partial charge in [0, 0.05) is 22.8 Å². The molecule has 6 nitrogen and oxygen atoms in total. The zero-order valence-corrected chi connectivity index (χ0v) is 18.1. The number of nitrogens with one attached hydrogen (secondary N) is 1. The van der Waals surface area contributed by atoms with Gasteiger partial charge in [0.25, 0.3) is 0 Å². The lowest BCUT2D eigenvalue weighted by molar-refractivity contribution is -0.226. The molecule has 1 amide bonds. The predicted octanol–water partition coefficient (Wildman–Crippen LogP) is 4.27. The van der Waals surface area contributed by atoms with Crippen LogP contribution in [0.25, 0.3) is 0 Å². The summed E-state index contributed by atoms with van der Waals surface area (Å²) in [5, 5.41) is 2.94. The van der Waals surface area contributed by atoms with Gasteiger partial charge in [-0.1, -0.05) is 12.1 Å². The Balaban J connectivity index is 1.30. The van der Waals surface area contributed by atoms with E-state index in [1.807, 2.05) is 74.1 Å². The first kappa shape index (κ1) is 21.0. The van der Waals surface area contributed by atoms with Crippen LogP contribution >= 0.6 is 11.8 Å². The second-order valence-corrected chi connectivity index (χ2v) is 8.85. The summed E-state index contributed by atoms with van der Waals surface area (Å²) in [4.78, 5) is 12.8. The highest BCUT2D eigenvalue weighted by Crippen LogP contribution is 2.34. The van der Waals surface area contributed by atoms with Crippen LogP contribution in [-0.4, -0.2) is 43.3 Å². The molecule has 2 saturated heterocycles. The monoisotopic (exact) mass is 429 g/mol. The normalized spacial score (nSPS) is 24.0. The lowest BCUT2D eigenvalue weighted by Crippen LogP contribution is -2.45. The zero-order valence-electron chi connectivity index (χ0n) is 17.3. The minimum absolute atomic E-state index is 0.132. The standard InChI is InChI=1S/C23H27NO5S/c1-3-26-18-10-6-17(7-11-18)24-22(25)23(2)14-27-21(28-15-23)16-4-8-19(9-5-16)29-20-12-30-13-20/h4-11,20-21H,3,12-15H2,1-2H3,(H,24,25). The maximum absolute atomic E-state index is 12.8. The maximum Gasteiger partial charge on any atom is 0.234 e. The molecular weight excluding hydrogens is 402 g/mol. The Hall–Kier alpha value is -2.22. The molecule has 0 spiro atoms. The summed E-state index contributed by atoms with van der Waals surface area (Å²) in [7, 11) is 0. The molecule has 0 saturated carbocycles. The summed E-state index contributed by atoms with van der Waals surface area (Å²) in [5.41, 5.74) is 0.867. The molecule has 0 atom stereocenters. The van der Waals surface area contributed by atoms with Crippen molar-refractivity contribution in [3.05, 3.63) is 54.1 Å². The second kappa shape index (κ2) is 9.29. The van der Waals surface area contributed by atoms with Gasteiger partial charge in [0.15, 0.2) is 6.29 Å². The van der Waals surface area contributed by atoms with Crippen molar-refractivity contribution < 1.29 is 23.7 Å². The van der Waals surface area contributed by atoms with E-state index in [1.165, 1.54) is 0 Å². The molecule has 2 heterocycles. The van der Waals surface area contributed by atoms with Crippen LogP contribution in [0.2, 0.25) is 0 Å². The molecule has 2 aromatic rings. The topological polar surface area (TPSA) is 66.0 Å². The summed E-state index contributed by atoms with van der Waals surface area (Å²) < 4.78 is 23.1. The Morgan fingerprint density at radius 2 is 1.70 bits per heavy atom. The predicted molar refractivity (Wildman–Crippen MR) is 117 cm³/mol. The first-order chi connectivity index (χ1) is 14.6. The number of benzene rings is 2. The number of ether oxygens (including phenoxy) is 4. The lowest BCUT2D eigenvalue weighted by atomic mass is 9.90. The van der Waals surface area contributed by atoms with Crippen LogP contribution in [0.5, 0.6) is 11.5 Å². The fourth-order valence-electron chi connectivity index (χ4n) is 3.19. The molecule has 4 rings (SSSR count). The third-order valence-electron chi connectivity index (χ3n) is 5.14. The molecule has 160 valence electrons. The van der Waals surface area contributed by atoms with Gasteiger partial charge in [-0.25, -0.2) is 0 Å². The number of thioether (sulfide) groups is 1. The van der Waals surface area contributed by atoms with Crippen LogP contribution in [-0.2, 0) is 14.3 Å². The van der Waals surface area contributed by atoms with Gasteiger partial charge in [-0.05, 0) is 50.2 Å². The minimum Gasteiger partial charge on any atom is -0.494 e. The van der Waals surface area contributed by atoms with Crippen LogP contribution < -0.4 is 14.8 Å². The number of carbonyl (C=O) groups is 1. The SMILES string of the molecule is CCOc1ccc(NC(=O)C2(C)COC(c3ccc(OC4CSC4)cc3)OC2)cc1. The van der Waals surface area contributed by atoms with Crippen LogP contribution in [0.1, 0.15) is 25.7 Å². The molecule has 2 aromatic carbocycles. The summed E-state index contributed by atoms with van der Waals surface area (Å²) >= 11 is 1.89. The summed E-state index contributed by atoms with van der Waals surface area (Å²) in [6.45, 7) is 4.94. The molecule has 30 heavy (non-hydrogen) atoms. The highest BCUT2D eigenvalue weighted by atomic mass is 32.2. The van der Waals surface area contributed by atoms with Crippen molar-refractivity contribution in [1.29, 1.82) is 0 Å². The van der Waals surface area contributed by atoms with Crippen LogP contribution in [0, 0.1) is 5.41 Å². The first-order valence-electron chi connectivity index (χ1n) is 10.2. The Labute approximate surface area is 181 Å². The molecule has 7 heteroatoms. The van der Waals surface area contributed by atoms with Crippen LogP contribution in [0.15, 0.2) is 48.5 Å². The van der Waals surface area contributed by atoms with E-state index in [0.29, 0.717) is 18.4 Å². The van der Waals surface area contributed by atoms with E-state index in [9.17, 15) is 4.79 Å². The van der Waals surface area contributed by atoms with Gasteiger partial charge in [-0.2, -0.15) is 11.8 Å². The molecule has 0 radical (unpaired) electrons. The zero-order chi connectivity index (χ0) is 21.0. The minimum atomic E-state index is -0.764. The van der Waals surface area contributed by atoms with Crippen molar-refractivity contribution in [2.24, 2.45) is 5.41 Å². The smallest absolute Gasteiger partial charge is 0.234 e. The molecule has 1 N–H and O–H groups in total. The van der Waals surface area contributed by atoms with Gasteiger partial charge in [0.05, 0.1) is 25.2 Å². The Bertz CT molecular complexity index is 843. The van der Waals surface area contributed by atoms with Crippen LogP contribution in [0.4, 0.5) is 5.69 Å². The van der Waals surface area contributed by atoms with Gasteiger partial charge in [0.1, 0.15) is 17.6 Å². The van der Waals surface area contributed by atoms with Crippen molar-refractivity contribution in [3.8, 4) is 11.5 Å². The Morgan fingerprint density at radius 1 is 1.07 bits per heavy atom. The van der Waals surface area contributed by atoms with Crippen molar-refractivity contribution in [3.63, 3.8) is 0 Å². The highest BCUT2D eigenvalue weighted by Gasteiger charge is 2.40. The molecular formula is C23H27NO5S. The van der Waals surface area contributed by atoms with Crippen LogP contribution in [0.3, 0.4) is 0 Å². The van der Waals surface area contributed by atoms with E-state index >= 15 is 0 Å². The fourth-order valence-corrected chi connectivity index (χ4v) is 3.76. The summed E-state index contributed by atoms with van der Waals surface area (Å²) in [6, 6.07) is 15.1. The van der Waals surface area contributed by atoms with Gasteiger partial charge in [-0.15, -0.1) is 0 Å². The van der Waals surface area contributed by atoms with E-state index in [2.05, 4.69) is 5.32 Å². The average molecular weight is 430 g/mol. The van der Waals surface area contributed by atoms with Crippen molar-refractivity contribution >= 4 is 23.4 Å². The van der Waals surface area contributed by atoms with E-state index in [4.69, 9.17) is 18.9 Å². The van der Waals surface area contributed by atoms with E-state index in [-0.39, 0.29) is 19.1 Å². The highest BCUT2D eigenvalue weighted by molar-refractivity contribution is 8.00. The quantitative estimate of drug-likeness (QED) is 0.709. The van der Waals surface area contributed by atoms with Gasteiger partial charge >= 0.3 is 0 Å². The number of hydrogen-bond donors (Lipinski definition) is 1. The van der Waals surface area contributed by atoms with Gasteiger partial charge in [0.2, 0.25) is 5.91 Å². The lowest BCUT2D eigenvalue weighted by Gasteiger charge is -2.36. The van der Waals surface area contributed by atoms with E-state index < -0.39 is 11.7 Å². The fraction of sp³-hybridized carbons (Fsp3) is 0.435. The summed E-state index contributed by atoms with van der Waals surface area (Å²) in [5.74, 6) is 3.60. The number of anilines is 1. The molecule has 0 aromatic heterocycles. The number of rotatable bonds is 7. The van der Waals surface area contributed by atoms with Crippen molar-refractivity contribution in [2.75, 3.05) is 36.6 Å². The van der Waals surface area contributed by atoms with Gasteiger partial charge < -0.3 is 24.3 Å². The third-order valence-corrected chi connectivity index (χ3v) is 6.36. The van der Waals surface area contributed by atoms with Gasteiger partial charge in [-0.3, -0.25) is 4.79 Å². The number of amides is 1. The Morgan fingerprint density at radius 3 is 2.27 bits per heavy atom. The third kappa shape index (κ3) is 4.91. The Kier molecular flexibility index (Phi) is 6.51. The average Bonchev–Trinajstić information content (AvgIpc) is 2.73. The number of hydrogen-bond acceptors (Lipinski definition) is 6. The molecule has 0 aliphatic carbocycles. The van der Waals surface area contributed by atoms with E-state index in [0.717, 1.165) is 28.6 Å². The molecule has 0 bridgehead atoms. The van der Waals surface area contributed by atoms with E-state index in [1.54, 1.807) is 0 Å². The largest absolute Gasteiger partial charge is 0.494 e.